The second kappa shape index (κ2) is 8.31. The van der Waals surface area contributed by atoms with Crippen LogP contribution in [-0.4, -0.2) is 27.0 Å². The second-order valence-corrected chi connectivity index (χ2v) is 7.34. The lowest BCUT2D eigenvalue weighted by atomic mass is 10.0. The lowest BCUT2D eigenvalue weighted by Gasteiger charge is -2.08. The van der Waals surface area contributed by atoms with Gasteiger partial charge < -0.3 is 9.73 Å². The molecule has 4 rings (SSSR count). The van der Waals surface area contributed by atoms with E-state index in [0.29, 0.717) is 23.7 Å². The van der Waals surface area contributed by atoms with Crippen LogP contribution in [0, 0.1) is 0 Å². The summed E-state index contributed by atoms with van der Waals surface area (Å²) in [7, 11) is 0. The van der Waals surface area contributed by atoms with Crippen LogP contribution in [-0.2, 0) is 6.42 Å². The van der Waals surface area contributed by atoms with E-state index in [2.05, 4.69) is 53.5 Å². The predicted molar refractivity (Wildman–Crippen MR) is 112 cm³/mol. The smallest absolute Gasteiger partial charge is 0.256 e. The molecule has 3 aromatic heterocycles. The van der Waals surface area contributed by atoms with E-state index in [1.807, 2.05) is 18.2 Å². The number of aryl methyl sites for hydroxylation is 1. The van der Waals surface area contributed by atoms with E-state index >= 15 is 0 Å². The number of fused-ring (bicyclic) bond motifs is 1. The molecule has 29 heavy (non-hydrogen) atoms. The summed E-state index contributed by atoms with van der Waals surface area (Å²) in [5, 5.41) is 7.37. The quantitative estimate of drug-likeness (QED) is 0.474. The highest BCUT2D eigenvalue weighted by molar-refractivity contribution is 5.99. The molecule has 0 spiro atoms. The molecule has 6 heteroatoms. The molecule has 1 aromatic carbocycles. The van der Waals surface area contributed by atoms with Gasteiger partial charge in [0.05, 0.1) is 18.2 Å². The van der Waals surface area contributed by atoms with E-state index in [-0.39, 0.29) is 5.91 Å². The van der Waals surface area contributed by atoms with Gasteiger partial charge in [-0.3, -0.25) is 4.79 Å². The Kier molecular flexibility index (Phi) is 5.42. The van der Waals surface area contributed by atoms with Crippen molar-refractivity contribution in [2.45, 2.75) is 32.6 Å². The fourth-order valence-electron chi connectivity index (χ4n) is 3.32. The highest BCUT2D eigenvalue weighted by Gasteiger charge is 2.16. The van der Waals surface area contributed by atoms with Crippen LogP contribution in [0.25, 0.3) is 16.9 Å². The van der Waals surface area contributed by atoms with Crippen LogP contribution in [0.15, 0.2) is 65.5 Å². The normalized spacial score (nSPS) is 11.3. The molecule has 0 saturated carbocycles. The highest BCUT2D eigenvalue weighted by atomic mass is 16.3. The molecule has 148 valence electrons. The van der Waals surface area contributed by atoms with Gasteiger partial charge in [0.15, 0.2) is 5.65 Å². The summed E-state index contributed by atoms with van der Waals surface area (Å²) in [4.78, 5) is 17.0. The number of rotatable bonds is 7. The van der Waals surface area contributed by atoms with E-state index in [1.165, 1.54) is 5.56 Å². The third kappa shape index (κ3) is 4.06. The number of hydrogen-bond acceptors (Lipinski definition) is 4. The van der Waals surface area contributed by atoms with E-state index in [9.17, 15) is 4.79 Å². The fourth-order valence-corrected chi connectivity index (χ4v) is 3.32. The number of furan rings is 1. The number of benzene rings is 1. The number of nitrogens with zero attached hydrogens (tertiary/aromatic N) is 3. The van der Waals surface area contributed by atoms with Gasteiger partial charge in [-0.15, -0.1) is 0 Å². The number of hydrogen-bond donors (Lipinski definition) is 1. The molecule has 0 radical (unpaired) electrons. The van der Waals surface area contributed by atoms with E-state index in [4.69, 9.17) is 4.42 Å². The lowest BCUT2D eigenvalue weighted by Crippen LogP contribution is -2.24. The van der Waals surface area contributed by atoms with Crippen LogP contribution in [0.5, 0.6) is 0 Å². The molecule has 3 heterocycles. The summed E-state index contributed by atoms with van der Waals surface area (Å²) in [6.45, 7) is 4.91. The van der Waals surface area contributed by atoms with Crippen molar-refractivity contribution in [3.8, 4) is 11.3 Å². The van der Waals surface area contributed by atoms with Crippen LogP contribution in [0.3, 0.4) is 0 Å². The van der Waals surface area contributed by atoms with Crippen LogP contribution in [0.4, 0.5) is 0 Å². The van der Waals surface area contributed by atoms with Crippen molar-refractivity contribution in [3.63, 3.8) is 0 Å². The van der Waals surface area contributed by atoms with Crippen molar-refractivity contribution in [1.82, 2.24) is 19.9 Å². The van der Waals surface area contributed by atoms with Crippen LogP contribution in [0.1, 0.15) is 47.9 Å². The van der Waals surface area contributed by atoms with E-state index in [1.54, 1.807) is 23.2 Å². The first-order valence-electron chi connectivity index (χ1n) is 9.87. The van der Waals surface area contributed by atoms with Crippen molar-refractivity contribution in [2.24, 2.45) is 0 Å². The van der Waals surface area contributed by atoms with Crippen molar-refractivity contribution in [1.29, 1.82) is 0 Å². The Morgan fingerprint density at radius 1 is 1.17 bits per heavy atom. The van der Waals surface area contributed by atoms with Gasteiger partial charge in [0.2, 0.25) is 0 Å². The Labute approximate surface area is 169 Å². The van der Waals surface area contributed by atoms with E-state index < -0.39 is 0 Å². The van der Waals surface area contributed by atoms with Crippen molar-refractivity contribution >= 4 is 11.6 Å². The van der Waals surface area contributed by atoms with Crippen molar-refractivity contribution < 1.29 is 9.21 Å². The summed E-state index contributed by atoms with van der Waals surface area (Å²) in [5.74, 6) is 1.23. The fraction of sp³-hybridized carbons (Fsp3) is 0.261. The van der Waals surface area contributed by atoms with Gasteiger partial charge in [0.1, 0.15) is 11.3 Å². The minimum Gasteiger partial charge on any atom is -0.469 e. The monoisotopic (exact) mass is 388 g/mol. The zero-order chi connectivity index (χ0) is 20.2. The second-order valence-electron chi connectivity index (χ2n) is 7.34. The molecule has 0 aliphatic heterocycles. The van der Waals surface area contributed by atoms with Crippen LogP contribution >= 0.6 is 0 Å². The van der Waals surface area contributed by atoms with Crippen molar-refractivity contribution in [3.05, 3.63) is 78.0 Å². The summed E-state index contributed by atoms with van der Waals surface area (Å²) < 4.78 is 7.03. The largest absolute Gasteiger partial charge is 0.469 e. The minimum absolute atomic E-state index is 0.167. The number of amides is 1. The van der Waals surface area contributed by atoms with Crippen LogP contribution < -0.4 is 5.32 Å². The first kappa shape index (κ1) is 18.9. The van der Waals surface area contributed by atoms with E-state index in [0.717, 1.165) is 29.9 Å². The van der Waals surface area contributed by atoms with Gasteiger partial charge in [-0.2, -0.15) is 5.10 Å². The zero-order valence-corrected chi connectivity index (χ0v) is 16.6. The maximum atomic E-state index is 12.6. The van der Waals surface area contributed by atoms with Crippen molar-refractivity contribution in [2.75, 3.05) is 6.54 Å². The molecule has 0 unspecified atom stereocenters. The third-order valence-electron chi connectivity index (χ3n) is 4.98. The molecule has 0 aliphatic rings. The zero-order valence-electron chi connectivity index (χ0n) is 16.6. The molecule has 6 nitrogen and oxygen atoms in total. The lowest BCUT2D eigenvalue weighted by molar-refractivity contribution is 0.0954. The average Bonchev–Trinajstić information content (AvgIpc) is 3.40. The Bertz CT molecular complexity index is 1100. The van der Waals surface area contributed by atoms with Gasteiger partial charge in [-0.25, -0.2) is 9.50 Å². The molecule has 0 saturated heterocycles. The minimum atomic E-state index is -0.167. The highest BCUT2D eigenvalue weighted by Crippen LogP contribution is 2.23. The molecule has 1 amide bonds. The third-order valence-corrected chi connectivity index (χ3v) is 4.98. The molecule has 0 atom stereocenters. The molecule has 0 bridgehead atoms. The Hall–Kier alpha value is -3.41. The summed E-state index contributed by atoms with van der Waals surface area (Å²) in [6, 6.07) is 14.1. The van der Waals surface area contributed by atoms with Gasteiger partial charge >= 0.3 is 0 Å². The van der Waals surface area contributed by atoms with Crippen LogP contribution in [0.2, 0.25) is 0 Å². The maximum Gasteiger partial charge on any atom is 0.256 e. The maximum absolute atomic E-state index is 12.6. The number of carbonyl (C=O) groups excluding carboxylic acids is 1. The Balaban J connectivity index is 1.50. The standard InChI is InChI=1S/C23H24N4O2/c1-16(2)17-7-9-18(10-8-17)21-11-13-24-22-20(15-26-27(21)22)23(28)25-12-3-5-19-6-4-14-29-19/h4,6-11,13-16H,3,5,12H2,1-2H3,(H,25,28). The molecular formula is C23H24N4O2. The Morgan fingerprint density at radius 3 is 2.72 bits per heavy atom. The topological polar surface area (TPSA) is 72.4 Å². The van der Waals surface area contributed by atoms with Gasteiger partial charge in [-0.1, -0.05) is 38.1 Å². The molecule has 0 fully saturated rings. The number of nitrogens with one attached hydrogen (secondary N) is 1. The molecule has 1 N–H and O–H groups in total. The summed E-state index contributed by atoms with van der Waals surface area (Å²) >= 11 is 0. The first-order valence-corrected chi connectivity index (χ1v) is 9.87. The Morgan fingerprint density at radius 2 is 2.00 bits per heavy atom. The predicted octanol–water partition coefficient (Wildman–Crippen LogP) is 4.48. The summed E-state index contributed by atoms with van der Waals surface area (Å²) in [6.07, 6.45) is 6.55. The molecular weight excluding hydrogens is 364 g/mol. The molecule has 4 aromatic rings. The van der Waals surface area contributed by atoms with Gasteiger partial charge in [0.25, 0.3) is 5.91 Å². The first-order chi connectivity index (χ1) is 14.1. The van der Waals surface area contributed by atoms with Gasteiger partial charge in [-0.05, 0) is 36.1 Å². The van der Waals surface area contributed by atoms with Gasteiger partial charge in [0, 0.05) is 24.7 Å². The summed E-state index contributed by atoms with van der Waals surface area (Å²) in [5.41, 5.74) is 4.26. The average molecular weight is 388 g/mol. The number of aromatic nitrogens is 3. The molecule has 0 aliphatic carbocycles. The SMILES string of the molecule is CC(C)c1ccc(-c2ccnc3c(C(=O)NCCCc4ccco4)cnn23)cc1. The number of carbonyl (C=O) groups is 1.